The first-order chi connectivity index (χ1) is 25.2. The van der Waals surface area contributed by atoms with Crippen molar-refractivity contribution in [3.05, 3.63) is 30.3 Å². The Morgan fingerprint density at radius 2 is 1.02 bits per heavy atom. The van der Waals surface area contributed by atoms with Gasteiger partial charge in [0.2, 0.25) is 0 Å². The summed E-state index contributed by atoms with van der Waals surface area (Å²) in [5, 5.41) is 0.797. The van der Waals surface area contributed by atoms with E-state index in [-0.39, 0.29) is 7.11 Å². The van der Waals surface area contributed by atoms with Crippen molar-refractivity contribution < 1.29 is 119 Å². The molecule has 1 aromatic rings. The van der Waals surface area contributed by atoms with Crippen molar-refractivity contribution in [3.8, 4) is 0 Å². The van der Waals surface area contributed by atoms with Gasteiger partial charge in [-0.05, 0) is 68.1 Å². The number of ether oxygens (including phenoxy) is 3. The predicted molar refractivity (Wildman–Crippen MR) is 170 cm³/mol. The zero-order valence-corrected chi connectivity index (χ0v) is 35.4. The minimum Gasteiger partial charge on any atom is -0.436 e. The highest BCUT2D eigenvalue weighted by Crippen LogP contribution is 2.52. The smallest absolute Gasteiger partial charge is 0.436 e. The monoisotopic (exact) mass is 966 g/mol. The highest BCUT2D eigenvalue weighted by atomic mass is 28.5. The normalized spacial score (nSPS) is 17.8. The molecule has 31 heteroatoms. The SMILES string of the molecule is COC(F)(F)C(F)(OC(F)(F)C(F)(F)OF)C(F)(F)F.C[Si](C)(C)O[Si](C)(O[Si](C)(C)O[Si](C)(C)CCC(F)(OC(F)(F)CC(F)(F)F)C(F)(F)F)c1ccccc1. The average molecular weight is 967 g/mol. The van der Waals surface area contributed by atoms with E-state index >= 15 is 0 Å². The second-order valence-corrected chi connectivity index (χ2v) is 30.1. The summed E-state index contributed by atoms with van der Waals surface area (Å²) in [7, 11) is -12.0. The number of alkyl halides is 19. The molecule has 0 aliphatic carbocycles. The van der Waals surface area contributed by atoms with Gasteiger partial charge in [-0.1, -0.05) is 30.3 Å². The second kappa shape index (κ2) is 18.4. The van der Waals surface area contributed by atoms with Gasteiger partial charge in [0.05, 0.1) is 0 Å². The van der Waals surface area contributed by atoms with E-state index in [2.05, 4.69) is 9.47 Å². The zero-order valence-electron chi connectivity index (χ0n) is 31.4. The maximum atomic E-state index is 14.8. The van der Waals surface area contributed by atoms with Gasteiger partial charge in [-0.3, -0.25) is 9.47 Å². The molecule has 1 aromatic carbocycles. The molecular formula is C27H38F20O7Si4. The Morgan fingerprint density at radius 1 is 0.552 bits per heavy atom. The summed E-state index contributed by atoms with van der Waals surface area (Å²) in [4.78, 5) is 1.28. The zero-order chi connectivity index (χ0) is 46.7. The summed E-state index contributed by atoms with van der Waals surface area (Å²) in [5.74, 6) is -11.7. The van der Waals surface area contributed by atoms with Crippen molar-refractivity contribution in [3.63, 3.8) is 0 Å². The molecule has 344 valence electrons. The van der Waals surface area contributed by atoms with E-state index in [1.807, 2.05) is 44.4 Å². The van der Waals surface area contributed by atoms with Crippen LogP contribution in [0.4, 0.5) is 87.9 Å². The van der Waals surface area contributed by atoms with E-state index in [1.54, 1.807) is 30.0 Å². The molecule has 0 saturated carbocycles. The van der Waals surface area contributed by atoms with Crippen LogP contribution in [-0.2, 0) is 31.5 Å². The van der Waals surface area contributed by atoms with Crippen molar-refractivity contribution in [2.75, 3.05) is 7.11 Å². The van der Waals surface area contributed by atoms with E-state index < -0.39 is 107 Å². The standard InChI is InChI=1S/C21H35F9O4Si4.C6H3F11O3/c1-35(2,3)32-38(8,17-12-10-9-11-13-17)34-37(6,7)33-36(4,5)15-14-18(22,21(28,29)30)31-20(26,27)16-19(23,24)25;1-18-4(11,12)2(7,3(8,9)10)19-5(13,14)6(15,16)20-17/h9-13H,14-16H2,1-8H3;1H3. The van der Waals surface area contributed by atoms with Crippen molar-refractivity contribution in [2.24, 2.45) is 0 Å². The minimum absolute atomic E-state index is 0.259. The van der Waals surface area contributed by atoms with E-state index in [1.165, 1.54) is 18.0 Å². The van der Waals surface area contributed by atoms with E-state index in [0.717, 1.165) is 5.19 Å². The summed E-state index contributed by atoms with van der Waals surface area (Å²) < 4.78 is 280. The molecule has 7 nitrogen and oxygen atoms in total. The first kappa shape index (κ1) is 56.4. The summed E-state index contributed by atoms with van der Waals surface area (Å²) >= 11 is 0. The Balaban J connectivity index is 0.00000137. The Kier molecular flexibility index (Phi) is 17.9. The van der Waals surface area contributed by atoms with Crippen LogP contribution < -0.4 is 5.19 Å². The van der Waals surface area contributed by atoms with Crippen LogP contribution in [0.25, 0.3) is 0 Å². The summed E-state index contributed by atoms with van der Waals surface area (Å²) in [5.41, 5.74) is 0. The van der Waals surface area contributed by atoms with Crippen LogP contribution in [0.1, 0.15) is 12.8 Å². The number of hydrogen-bond acceptors (Lipinski definition) is 7. The van der Waals surface area contributed by atoms with Crippen LogP contribution in [0.5, 0.6) is 0 Å². The van der Waals surface area contributed by atoms with Gasteiger partial charge in [0.25, 0.3) is 0 Å². The number of methoxy groups -OCH3 is 1. The highest BCUT2D eigenvalue weighted by Gasteiger charge is 2.80. The topological polar surface area (TPSA) is 64.6 Å². The van der Waals surface area contributed by atoms with Crippen molar-refractivity contribution >= 4 is 38.9 Å². The largest absolute Gasteiger partial charge is 0.478 e. The van der Waals surface area contributed by atoms with Crippen LogP contribution in [0, 0.1) is 0 Å². The van der Waals surface area contributed by atoms with Crippen molar-refractivity contribution in [1.82, 2.24) is 0 Å². The van der Waals surface area contributed by atoms with E-state index in [4.69, 9.17) is 12.3 Å². The fourth-order valence-electron chi connectivity index (χ4n) is 4.58. The third-order valence-corrected chi connectivity index (χ3v) is 21.2. The molecule has 58 heavy (non-hydrogen) atoms. The molecule has 0 amide bonds. The lowest BCUT2D eigenvalue weighted by Crippen LogP contribution is -2.63. The molecule has 0 fully saturated rings. The van der Waals surface area contributed by atoms with Gasteiger partial charge in [0, 0.05) is 13.5 Å². The fraction of sp³-hybridized carbons (Fsp3) is 0.778. The van der Waals surface area contributed by atoms with Crippen LogP contribution in [0.15, 0.2) is 30.3 Å². The van der Waals surface area contributed by atoms with E-state index in [9.17, 15) is 87.9 Å². The first-order valence-electron chi connectivity index (χ1n) is 15.7. The molecule has 0 heterocycles. The van der Waals surface area contributed by atoms with Gasteiger partial charge < -0.3 is 17.1 Å². The third kappa shape index (κ3) is 16.4. The average Bonchev–Trinajstić information content (AvgIpc) is 2.96. The molecule has 0 saturated heterocycles. The summed E-state index contributed by atoms with van der Waals surface area (Å²) in [6, 6.07) is 8.39. The van der Waals surface area contributed by atoms with Gasteiger partial charge in [0.1, 0.15) is 6.42 Å². The molecule has 1 rings (SSSR count). The first-order valence-corrected chi connectivity index (χ1v) is 27.3. The predicted octanol–water partition coefficient (Wildman–Crippen LogP) is 11.5. The molecule has 0 N–H and O–H groups in total. The molecule has 0 aliphatic heterocycles. The number of halogens is 20. The second-order valence-electron chi connectivity index (χ2n) is 14.2. The molecule has 0 aromatic heterocycles. The molecule has 3 atom stereocenters. The lowest BCUT2D eigenvalue weighted by Gasteiger charge is -2.42. The molecule has 0 bridgehead atoms. The van der Waals surface area contributed by atoms with E-state index in [0.29, 0.717) is 0 Å². The third-order valence-electron chi connectivity index (χ3n) is 6.65. The molecule has 0 spiro atoms. The molecule has 0 radical (unpaired) electrons. The van der Waals surface area contributed by atoms with Gasteiger partial charge in [0.15, 0.2) is 16.6 Å². The minimum atomic E-state index is -6.94. The van der Waals surface area contributed by atoms with Gasteiger partial charge >= 0.3 is 71.8 Å². The Bertz CT molecular complexity index is 1450. The van der Waals surface area contributed by atoms with Crippen LogP contribution in [-0.4, -0.2) is 95.5 Å². The summed E-state index contributed by atoms with van der Waals surface area (Å²) in [6.07, 6.45) is -48.1. The Hall–Kier alpha value is -1.59. The fourth-order valence-corrected chi connectivity index (χ4v) is 22.5. The lowest BCUT2D eigenvalue weighted by molar-refractivity contribution is -0.552. The maximum Gasteiger partial charge on any atom is 0.478 e. The highest BCUT2D eigenvalue weighted by molar-refractivity contribution is 6.94. The molecule has 3 unspecified atom stereocenters. The van der Waals surface area contributed by atoms with Gasteiger partial charge in [-0.15, -0.1) is 4.94 Å². The number of hydrogen-bond donors (Lipinski definition) is 0. The maximum absolute atomic E-state index is 14.8. The summed E-state index contributed by atoms with van der Waals surface area (Å²) in [6.45, 7) is 13.9. The van der Waals surface area contributed by atoms with Crippen LogP contribution >= 0.6 is 0 Å². The van der Waals surface area contributed by atoms with Crippen molar-refractivity contribution in [1.29, 1.82) is 0 Å². The molecular weight excluding hydrogens is 929 g/mol. The van der Waals surface area contributed by atoms with Crippen molar-refractivity contribution in [2.45, 2.75) is 126 Å². The Labute approximate surface area is 321 Å². The lowest BCUT2D eigenvalue weighted by atomic mass is 10.2. The Morgan fingerprint density at radius 3 is 1.38 bits per heavy atom. The molecule has 0 aliphatic rings. The van der Waals surface area contributed by atoms with Gasteiger partial charge in [-0.2, -0.15) is 79.0 Å². The van der Waals surface area contributed by atoms with Crippen LogP contribution in [0.3, 0.4) is 0 Å². The number of benzene rings is 1. The quantitative estimate of drug-likeness (QED) is 0.101. The van der Waals surface area contributed by atoms with Gasteiger partial charge in [-0.25, -0.2) is 4.39 Å². The number of rotatable bonds is 19. The van der Waals surface area contributed by atoms with Crippen LogP contribution in [0.2, 0.25) is 58.4 Å².